The lowest BCUT2D eigenvalue weighted by Gasteiger charge is -2.22. The fraction of sp³-hybridized carbons (Fsp3) is 0.211. The van der Waals surface area contributed by atoms with Gasteiger partial charge in [0.25, 0.3) is 5.91 Å². The van der Waals surface area contributed by atoms with Gasteiger partial charge in [-0.3, -0.25) is 4.79 Å². The molecule has 1 aliphatic rings. The van der Waals surface area contributed by atoms with E-state index in [9.17, 15) is 4.79 Å². The summed E-state index contributed by atoms with van der Waals surface area (Å²) in [4.78, 5) is 23.3. The molecule has 1 aliphatic heterocycles. The van der Waals surface area contributed by atoms with Crippen LogP contribution in [0.3, 0.4) is 0 Å². The monoisotopic (exact) mass is 472 g/mol. The summed E-state index contributed by atoms with van der Waals surface area (Å²) in [7, 11) is 1.80. The zero-order valence-electron chi connectivity index (χ0n) is 15.4. The van der Waals surface area contributed by atoms with Crippen molar-refractivity contribution in [2.24, 2.45) is 0 Å². The summed E-state index contributed by atoms with van der Waals surface area (Å²) in [5.41, 5.74) is 1.04. The summed E-state index contributed by atoms with van der Waals surface area (Å²) in [6.07, 6.45) is 3.20. The van der Waals surface area contributed by atoms with Crippen molar-refractivity contribution < 1.29 is 9.53 Å². The van der Waals surface area contributed by atoms with Crippen LogP contribution in [0.25, 0.3) is 0 Å². The average Bonchev–Trinajstić information content (AvgIpc) is 3.14. The van der Waals surface area contributed by atoms with Crippen LogP contribution in [-0.4, -0.2) is 50.3 Å². The number of pyridine rings is 1. The van der Waals surface area contributed by atoms with Crippen molar-refractivity contribution in [2.45, 2.75) is 12.6 Å². The zero-order chi connectivity index (χ0) is 20.4. The number of likely N-dealkylation sites (N-methyl/N-ethyl adjacent to an activating group) is 1. The Balaban J connectivity index is 1.44. The Kier molecular flexibility index (Phi) is 5.54. The van der Waals surface area contributed by atoms with E-state index < -0.39 is 11.9 Å². The third-order valence-corrected chi connectivity index (χ3v) is 5.43. The SMILES string of the molecule is CN1C(=S)[C@@H](NC(=O)c2ncn(Cc3cccc(Br)c3)n2)COc2cccnc21. The van der Waals surface area contributed by atoms with Crippen molar-refractivity contribution in [2.75, 3.05) is 18.6 Å². The number of carbonyl (C=O) groups is 1. The average molecular weight is 473 g/mol. The van der Waals surface area contributed by atoms with Crippen LogP contribution in [0.2, 0.25) is 0 Å². The van der Waals surface area contributed by atoms with E-state index >= 15 is 0 Å². The van der Waals surface area contributed by atoms with Gasteiger partial charge in [-0.25, -0.2) is 14.6 Å². The van der Waals surface area contributed by atoms with Crippen LogP contribution in [0.1, 0.15) is 16.2 Å². The van der Waals surface area contributed by atoms with E-state index in [1.165, 1.54) is 6.33 Å². The normalized spacial score (nSPS) is 16.0. The van der Waals surface area contributed by atoms with Crippen LogP contribution < -0.4 is 15.0 Å². The highest BCUT2D eigenvalue weighted by Crippen LogP contribution is 2.27. The van der Waals surface area contributed by atoms with Crippen LogP contribution in [-0.2, 0) is 6.54 Å². The number of rotatable bonds is 4. The Morgan fingerprint density at radius 2 is 2.21 bits per heavy atom. The van der Waals surface area contributed by atoms with Gasteiger partial charge in [-0.1, -0.05) is 40.3 Å². The summed E-state index contributed by atoms with van der Waals surface area (Å²) >= 11 is 8.97. The van der Waals surface area contributed by atoms with E-state index in [-0.39, 0.29) is 12.4 Å². The van der Waals surface area contributed by atoms with Crippen molar-refractivity contribution in [1.29, 1.82) is 0 Å². The number of nitrogens with one attached hydrogen (secondary N) is 1. The lowest BCUT2D eigenvalue weighted by Crippen LogP contribution is -2.48. The summed E-state index contributed by atoms with van der Waals surface area (Å²) in [6.45, 7) is 0.709. The molecule has 148 valence electrons. The molecule has 0 unspecified atom stereocenters. The number of carbonyl (C=O) groups excluding carboxylic acids is 1. The van der Waals surface area contributed by atoms with Gasteiger partial charge in [0, 0.05) is 17.7 Å². The molecule has 29 heavy (non-hydrogen) atoms. The number of halogens is 1. The molecule has 1 aromatic carbocycles. The Morgan fingerprint density at radius 3 is 3.03 bits per heavy atom. The van der Waals surface area contributed by atoms with E-state index in [1.54, 1.807) is 28.9 Å². The lowest BCUT2D eigenvalue weighted by atomic mass is 10.2. The highest BCUT2D eigenvalue weighted by molar-refractivity contribution is 9.10. The van der Waals surface area contributed by atoms with E-state index in [2.05, 4.69) is 36.3 Å². The number of ether oxygens (including phenoxy) is 1. The molecule has 0 saturated carbocycles. The maximum atomic E-state index is 12.7. The fourth-order valence-electron chi connectivity index (χ4n) is 2.95. The highest BCUT2D eigenvalue weighted by Gasteiger charge is 2.29. The number of aromatic nitrogens is 4. The molecule has 0 radical (unpaired) electrons. The van der Waals surface area contributed by atoms with Gasteiger partial charge in [-0.05, 0) is 29.8 Å². The van der Waals surface area contributed by atoms with E-state index in [0.717, 1.165) is 10.0 Å². The van der Waals surface area contributed by atoms with Gasteiger partial charge < -0.3 is 15.0 Å². The number of anilines is 1. The quantitative estimate of drug-likeness (QED) is 0.583. The molecule has 0 fully saturated rings. The number of hydrogen-bond donors (Lipinski definition) is 1. The number of amides is 1. The van der Waals surface area contributed by atoms with Gasteiger partial charge in [0.1, 0.15) is 24.0 Å². The minimum Gasteiger partial charge on any atom is -0.487 e. The molecule has 0 bridgehead atoms. The molecule has 8 nitrogen and oxygen atoms in total. The van der Waals surface area contributed by atoms with Crippen LogP contribution in [0.15, 0.2) is 53.4 Å². The first-order valence-electron chi connectivity index (χ1n) is 8.81. The molecule has 2 aromatic heterocycles. The lowest BCUT2D eigenvalue weighted by molar-refractivity contribution is 0.0927. The fourth-order valence-corrected chi connectivity index (χ4v) is 3.61. The first kappa shape index (κ1) is 19.5. The van der Waals surface area contributed by atoms with Gasteiger partial charge in [0.2, 0.25) is 5.82 Å². The van der Waals surface area contributed by atoms with E-state index in [4.69, 9.17) is 17.0 Å². The molecular weight excluding hydrogens is 456 g/mol. The molecular formula is C19H17BrN6O2S. The Labute approximate surface area is 181 Å². The van der Waals surface area contributed by atoms with Crippen LogP contribution in [0, 0.1) is 0 Å². The minimum atomic E-state index is -0.506. The standard InChI is InChI=1S/C19H17BrN6O2S/c1-25-17-15(6-3-7-21-17)28-10-14(19(25)29)23-18(27)16-22-11-26(24-16)9-12-4-2-5-13(20)8-12/h2-8,11,14H,9-10H2,1H3,(H,23,27)/t14-/m0/s1. The smallest absolute Gasteiger partial charge is 0.291 e. The largest absolute Gasteiger partial charge is 0.487 e. The molecule has 1 amide bonds. The van der Waals surface area contributed by atoms with E-state index in [1.807, 2.05) is 30.3 Å². The molecule has 0 aliphatic carbocycles. The van der Waals surface area contributed by atoms with Crippen molar-refractivity contribution in [3.8, 4) is 5.75 Å². The molecule has 1 N–H and O–H groups in total. The number of thiocarbonyl (C=S) groups is 1. The predicted octanol–water partition coefficient (Wildman–Crippen LogP) is 2.44. The summed E-state index contributed by atoms with van der Waals surface area (Å²) in [6, 6.07) is 11.0. The number of hydrogen-bond acceptors (Lipinski definition) is 6. The maximum absolute atomic E-state index is 12.7. The second kappa shape index (κ2) is 8.26. The first-order valence-corrected chi connectivity index (χ1v) is 10.0. The Morgan fingerprint density at radius 1 is 1.34 bits per heavy atom. The van der Waals surface area contributed by atoms with Crippen molar-refractivity contribution in [1.82, 2.24) is 25.1 Å². The molecule has 3 aromatic rings. The predicted molar refractivity (Wildman–Crippen MR) is 115 cm³/mol. The first-order chi connectivity index (χ1) is 14.0. The molecule has 0 saturated heterocycles. The van der Waals surface area contributed by atoms with Gasteiger partial charge >= 0.3 is 0 Å². The highest BCUT2D eigenvalue weighted by atomic mass is 79.9. The van der Waals surface area contributed by atoms with Crippen molar-refractivity contribution in [3.05, 3.63) is 64.8 Å². The van der Waals surface area contributed by atoms with Crippen molar-refractivity contribution in [3.63, 3.8) is 0 Å². The van der Waals surface area contributed by atoms with Gasteiger partial charge in [-0.2, -0.15) is 0 Å². The van der Waals surface area contributed by atoms with E-state index in [0.29, 0.717) is 23.1 Å². The molecule has 0 spiro atoms. The second-order valence-electron chi connectivity index (χ2n) is 6.46. The van der Waals surface area contributed by atoms with Gasteiger partial charge in [-0.15, -0.1) is 5.10 Å². The number of fused-ring (bicyclic) bond motifs is 1. The molecule has 1 atom stereocenters. The van der Waals surface area contributed by atoms with Crippen molar-refractivity contribution >= 4 is 44.9 Å². The van der Waals surface area contributed by atoms with Crippen LogP contribution in [0.5, 0.6) is 5.75 Å². The Hall–Kier alpha value is -2.85. The third kappa shape index (κ3) is 4.28. The summed E-state index contributed by atoms with van der Waals surface area (Å²) in [5, 5.41) is 7.13. The topological polar surface area (TPSA) is 85.2 Å². The maximum Gasteiger partial charge on any atom is 0.291 e. The summed E-state index contributed by atoms with van der Waals surface area (Å²) < 4.78 is 8.37. The molecule has 10 heteroatoms. The molecule has 4 rings (SSSR count). The van der Waals surface area contributed by atoms with Gasteiger partial charge in [0.05, 0.1) is 6.54 Å². The second-order valence-corrected chi connectivity index (χ2v) is 7.79. The van der Waals surface area contributed by atoms with Crippen LogP contribution >= 0.6 is 28.1 Å². The van der Waals surface area contributed by atoms with Crippen LogP contribution in [0.4, 0.5) is 5.82 Å². The minimum absolute atomic E-state index is 0.0744. The Bertz CT molecular complexity index is 1070. The summed E-state index contributed by atoms with van der Waals surface area (Å²) in [5.74, 6) is 0.891. The molecule has 3 heterocycles. The number of nitrogens with zero attached hydrogens (tertiary/aromatic N) is 5. The number of benzene rings is 1. The van der Waals surface area contributed by atoms with Gasteiger partial charge in [0.15, 0.2) is 11.6 Å². The third-order valence-electron chi connectivity index (χ3n) is 4.38. The zero-order valence-corrected chi connectivity index (χ0v) is 17.9.